The second-order valence-electron chi connectivity index (χ2n) is 4.83. The van der Waals surface area contributed by atoms with Crippen LogP contribution < -0.4 is 11.1 Å². The molecule has 1 fully saturated rings. The van der Waals surface area contributed by atoms with Crippen LogP contribution in [0.25, 0.3) is 0 Å². The van der Waals surface area contributed by atoms with Gasteiger partial charge in [0.1, 0.15) is 5.92 Å². The van der Waals surface area contributed by atoms with Crippen LogP contribution >= 0.6 is 0 Å². The Morgan fingerprint density at radius 3 is 2.65 bits per heavy atom. The molecule has 98 valence electrons. The van der Waals surface area contributed by atoms with E-state index in [0.29, 0.717) is 12.3 Å². The highest BCUT2D eigenvalue weighted by molar-refractivity contribution is 5.82. The van der Waals surface area contributed by atoms with Crippen LogP contribution in [-0.2, 0) is 14.3 Å². The fourth-order valence-corrected chi connectivity index (χ4v) is 1.84. The summed E-state index contributed by atoms with van der Waals surface area (Å²) in [7, 11) is 0. The third kappa shape index (κ3) is 3.98. The van der Waals surface area contributed by atoms with Crippen molar-refractivity contribution in [3.63, 3.8) is 0 Å². The van der Waals surface area contributed by atoms with Crippen LogP contribution in [0.15, 0.2) is 0 Å². The first-order chi connectivity index (χ1) is 7.91. The van der Waals surface area contributed by atoms with E-state index in [0.717, 1.165) is 0 Å². The molecule has 0 spiro atoms. The van der Waals surface area contributed by atoms with Gasteiger partial charge < -0.3 is 20.9 Å². The van der Waals surface area contributed by atoms with Crippen LogP contribution in [0.4, 0.5) is 0 Å². The van der Waals surface area contributed by atoms with E-state index in [4.69, 9.17) is 15.6 Å². The summed E-state index contributed by atoms with van der Waals surface area (Å²) in [6.07, 6.45) is 0.581. The molecule has 1 aliphatic heterocycles. The van der Waals surface area contributed by atoms with Crippen molar-refractivity contribution >= 4 is 11.9 Å². The number of hydrogen-bond acceptors (Lipinski definition) is 4. The largest absolute Gasteiger partial charge is 0.481 e. The van der Waals surface area contributed by atoms with Gasteiger partial charge in [-0.3, -0.25) is 9.59 Å². The number of carbonyl (C=O) groups is 2. The molecule has 0 bridgehead atoms. The average Bonchev–Trinajstić information content (AvgIpc) is 2.64. The highest BCUT2D eigenvalue weighted by Crippen LogP contribution is 2.14. The molecule has 0 aromatic rings. The third-order valence-electron chi connectivity index (χ3n) is 2.79. The standard InChI is InChI=1S/C11H20N2O4/c1-6(2)3-8(12)10(14)13-9-5-17-4-7(9)11(15)16/h6-9H,3-5,12H2,1-2H3,(H,13,14)(H,15,16)/t7?,8-,9?/m1/s1. The molecule has 1 amide bonds. The Bertz CT molecular complexity index is 293. The SMILES string of the molecule is CC(C)C[C@@H](N)C(=O)NC1COCC1C(=O)O. The van der Waals surface area contributed by atoms with Crippen molar-refractivity contribution in [3.05, 3.63) is 0 Å². The normalized spacial score (nSPS) is 25.9. The summed E-state index contributed by atoms with van der Waals surface area (Å²) < 4.78 is 5.06. The summed E-state index contributed by atoms with van der Waals surface area (Å²) in [4.78, 5) is 22.6. The zero-order valence-corrected chi connectivity index (χ0v) is 10.2. The van der Waals surface area contributed by atoms with E-state index in [1.54, 1.807) is 0 Å². The predicted molar refractivity (Wildman–Crippen MR) is 61.3 cm³/mol. The highest BCUT2D eigenvalue weighted by Gasteiger charge is 2.35. The molecule has 0 aromatic carbocycles. The Balaban J connectivity index is 2.47. The van der Waals surface area contributed by atoms with Gasteiger partial charge in [-0.1, -0.05) is 13.8 Å². The molecular formula is C11H20N2O4. The van der Waals surface area contributed by atoms with Crippen molar-refractivity contribution in [2.45, 2.75) is 32.4 Å². The summed E-state index contributed by atoms with van der Waals surface area (Å²) in [6, 6.07) is -1.07. The van der Waals surface area contributed by atoms with Crippen LogP contribution in [0.2, 0.25) is 0 Å². The minimum absolute atomic E-state index is 0.139. The molecular weight excluding hydrogens is 224 g/mol. The molecule has 1 heterocycles. The fourth-order valence-electron chi connectivity index (χ4n) is 1.84. The zero-order valence-electron chi connectivity index (χ0n) is 10.2. The molecule has 1 aliphatic rings. The minimum Gasteiger partial charge on any atom is -0.481 e. The Labute approximate surface area is 101 Å². The molecule has 1 saturated heterocycles. The molecule has 1 rings (SSSR count). The van der Waals surface area contributed by atoms with Gasteiger partial charge in [-0.05, 0) is 12.3 Å². The molecule has 2 unspecified atom stereocenters. The van der Waals surface area contributed by atoms with Crippen molar-refractivity contribution in [2.75, 3.05) is 13.2 Å². The lowest BCUT2D eigenvalue weighted by atomic mass is 10.0. The Hall–Kier alpha value is -1.14. The van der Waals surface area contributed by atoms with Crippen molar-refractivity contribution in [3.8, 4) is 0 Å². The number of amides is 1. The van der Waals surface area contributed by atoms with Crippen LogP contribution in [0.3, 0.4) is 0 Å². The van der Waals surface area contributed by atoms with Gasteiger partial charge in [0.15, 0.2) is 0 Å². The van der Waals surface area contributed by atoms with E-state index in [9.17, 15) is 9.59 Å². The van der Waals surface area contributed by atoms with E-state index >= 15 is 0 Å². The van der Waals surface area contributed by atoms with Gasteiger partial charge in [-0.2, -0.15) is 0 Å². The van der Waals surface area contributed by atoms with Crippen molar-refractivity contribution < 1.29 is 19.4 Å². The van der Waals surface area contributed by atoms with Gasteiger partial charge in [-0.15, -0.1) is 0 Å². The quantitative estimate of drug-likeness (QED) is 0.609. The molecule has 0 aliphatic carbocycles. The second kappa shape index (κ2) is 5.97. The molecule has 6 nitrogen and oxygen atoms in total. The van der Waals surface area contributed by atoms with Gasteiger partial charge in [0, 0.05) is 0 Å². The van der Waals surface area contributed by atoms with Gasteiger partial charge >= 0.3 is 5.97 Å². The number of ether oxygens (including phenoxy) is 1. The van der Waals surface area contributed by atoms with Crippen LogP contribution in [0, 0.1) is 11.8 Å². The lowest BCUT2D eigenvalue weighted by Gasteiger charge is -2.19. The lowest BCUT2D eigenvalue weighted by molar-refractivity contribution is -0.142. The van der Waals surface area contributed by atoms with Gasteiger partial charge in [0.2, 0.25) is 5.91 Å². The smallest absolute Gasteiger partial charge is 0.311 e. The summed E-state index contributed by atoms with van der Waals surface area (Å²) in [5.41, 5.74) is 5.72. The number of carboxylic acid groups (broad SMARTS) is 1. The highest BCUT2D eigenvalue weighted by atomic mass is 16.5. The predicted octanol–water partition coefficient (Wildman–Crippen LogP) is -0.424. The lowest BCUT2D eigenvalue weighted by Crippen LogP contribution is -2.49. The molecule has 0 radical (unpaired) electrons. The first-order valence-corrected chi connectivity index (χ1v) is 5.78. The van der Waals surface area contributed by atoms with Crippen molar-refractivity contribution in [2.24, 2.45) is 17.6 Å². The van der Waals surface area contributed by atoms with Gasteiger partial charge in [0.05, 0.1) is 25.3 Å². The van der Waals surface area contributed by atoms with Crippen LogP contribution in [0.1, 0.15) is 20.3 Å². The fraction of sp³-hybridized carbons (Fsp3) is 0.818. The van der Waals surface area contributed by atoms with Crippen LogP contribution in [-0.4, -0.2) is 42.3 Å². The van der Waals surface area contributed by atoms with Gasteiger partial charge in [-0.25, -0.2) is 0 Å². The first-order valence-electron chi connectivity index (χ1n) is 5.78. The van der Waals surface area contributed by atoms with E-state index in [1.165, 1.54) is 0 Å². The Kier molecular flexibility index (Phi) is 4.89. The molecule has 0 saturated carbocycles. The summed E-state index contributed by atoms with van der Waals surface area (Å²) in [6.45, 7) is 4.33. The second-order valence-corrected chi connectivity index (χ2v) is 4.83. The van der Waals surface area contributed by atoms with E-state index in [-0.39, 0.29) is 19.1 Å². The van der Waals surface area contributed by atoms with E-state index < -0.39 is 24.0 Å². The Morgan fingerprint density at radius 2 is 2.12 bits per heavy atom. The number of nitrogens with two attached hydrogens (primary N) is 1. The monoisotopic (exact) mass is 244 g/mol. The molecule has 3 atom stereocenters. The average molecular weight is 244 g/mol. The van der Waals surface area contributed by atoms with Crippen molar-refractivity contribution in [1.82, 2.24) is 5.32 Å². The van der Waals surface area contributed by atoms with Crippen molar-refractivity contribution in [1.29, 1.82) is 0 Å². The summed E-state index contributed by atoms with van der Waals surface area (Å²) in [5, 5.41) is 11.6. The minimum atomic E-state index is -0.953. The number of carbonyl (C=O) groups excluding carboxylic acids is 1. The maximum Gasteiger partial charge on any atom is 0.311 e. The molecule has 0 aromatic heterocycles. The third-order valence-corrected chi connectivity index (χ3v) is 2.79. The first kappa shape index (κ1) is 13.9. The summed E-state index contributed by atoms with van der Waals surface area (Å²) >= 11 is 0. The number of rotatable bonds is 5. The number of aliphatic carboxylic acids is 1. The Morgan fingerprint density at radius 1 is 1.47 bits per heavy atom. The van der Waals surface area contributed by atoms with Crippen LogP contribution in [0.5, 0.6) is 0 Å². The molecule has 17 heavy (non-hydrogen) atoms. The summed E-state index contributed by atoms with van der Waals surface area (Å²) in [5.74, 6) is -1.61. The number of hydrogen-bond donors (Lipinski definition) is 3. The topological polar surface area (TPSA) is 102 Å². The maximum atomic E-state index is 11.7. The van der Waals surface area contributed by atoms with Gasteiger partial charge in [0.25, 0.3) is 0 Å². The number of carboxylic acids is 1. The maximum absolute atomic E-state index is 11.7. The molecule has 6 heteroatoms. The van der Waals surface area contributed by atoms with E-state index in [2.05, 4.69) is 5.32 Å². The molecule has 4 N–H and O–H groups in total. The zero-order chi connectivity index (χ0) is 13.0. The van der Waals surface area contributed by atoms with E-state index in [1.807, 2.05) is 13.8 Å². The number of nitrogens with one attached hydrogen (secondary N) is 1.